The number of alkyl halides is 3. The van der Waals surface area contributed by atoms with E-state index in [0.29, 0.717) is 25.9 Å². The monoisotopic (exact) mass is 294 g/mol. The summed E-state index contributed by atoms with van der Waals surface area (Å²) in [6, 6.07) is -0.342. The predicted octanol–water partition coefficient (Wildman–Crippen LogP) is -0.0286. The van der Waals surface area contributed by atoms with Gasteiger partial charge in [-0.25, -0.2) is 4.79 Å². The molecule has 0 spiro atoms. The van der Waals surface area contributed by atoms with Crippen molar-refractivity contribution in [3.8, 4) is 0 Å². The molecule has 2 aliphatic heterocycles. The van der Waals surface area contributed by atoms with E-state index in [0.717, 1.165) is 4.90 Å². The molecular weight excluding hydrogens is 281 g/mol. The van der Waals surface area contributed by atoms with E-state index in [1.807, 2.05) is 0 Å². The van der Waals surface area contributed by atoms with Gasteiger partial charge in [-0.1, -0.05) is 0 Å². The largest absolute Gasteiger partial charge is 0.490 e. The number of carbonyl (C=O) groups excluding carboxylic acids is 3. The molecule has 0 bridgehead atoms. The Bertz CT molecular complexity index is 432. The minimum absolute atomic E-state index is 0.342. The summed E-state index contributed by atoms with van der Waals surface area (Å²) in [6.45, 7) is 1.24. The fourth-order valence-corrected chi connectivity index (χ4v) is 2.36. The zero-order chi connectivity index (χ0) is 14.9. The first-order valence-electron chi connectivity index (χ1n) is 6.15. The fourth-order valence-electron chi connectivity index (χ4n) is 2.36. The number of likely N-dealkylation sites (tertiary alicyclic amines) is 1. The van der Waals surface area contributed by atoms with Crippen LogP contribution in [0, 0.1) is 0 Å². The molecule has 0 aromatic carbocycles. The fraction of sp³-hybridized carbons (Fsp3) is 0.727. The Hall–Kier alpha value is -1.64. The topological polar surface area (TPSA) is 75.7 Å². The van der Waals surface area contributed by atoms with Gasteiger partial charge in [0.15, 0.2) is 6.10 Å². The van der Waals surface area contributed by atoms with E-state index in [9.17, 15) is 27.6 Å². The first kappa shape index (κ1) is 14.8. The van der Waals surface area contributed by atoms with Crippen LogP contribution in [0.15, 0.2) is 0 Å². The number of hydrogen-bond donors (Lipinski definition) is 1. The number of nitrogens with one attached hydrogen (secondary N) is 1. The molecule has 0 aliphatic carbocycles. The quantitative estimate of drug-likeness (QED) is 0.572. The highest BCUT2D eigenvalue weighted by molar-refractivity contribution is 6.06. The predicted molar refractivity (Wildman–Crippen MR) is 58.3 cm³/mol. The molecule has 0 aromatic rings. The van der Waals surface area contributed by atoms with Gasteiger partial charge < -0.3 is 10.1 Å². The molecule has 6 nitrogen and oxygen atoms in total. The number of nitrogens with zero attached hydrogens (tertiary/aromatic N) is 1. The van der Waals surface area contributed by atoms with Crippen LogP contribution in [0.1, 0.15) is 19.3 Å². The second-order valence-electron chi connectivity index (χ2n) is 4.68. The van der Waals surface area contributed by atoms with Crippen molar-refractivity contribution in [2.75, 3.05) is 13.1 Å². The summed E-state index contributed by atoms with van der Waals surface area (Å²) >= 11 is 0. The molecule has 20 heavy (non-hydrogen) atoms. The van der Waals surface area contributed by atoms with Gasteiger partial charge in [0.1, 0.15) is 0 Å². The second-order valence-corrected chi connectivity index (χ2v) is 4.68. The number of esters is 1. The summed E-state index contributed by atoms with van der Waals surface area (Å²) < 4.78 is 40.3. The zero-order valence-corrected chi connectivity index (χ0v) is 10.4. The molecule has 2 saturated heterocycles. The van der Waals surface area contributed by atoms with Crippen LogP contribution in [0.2, 0.25) is 0 Å². The maximum absolute atomic E-state index is 12.1. The Morgan fingerprint density at radius 3 is 2.40 bits per heavy atom. The number of halogens is 3. The molecule has 9 heteroatoms. The van der Waals surface area contributed by atoms with Crippen LogP contribution in [0.5, 0.6) is 0 Å². The maximum Gasteiger partial charge on any atom is 0.490 e. The molecular formula is C11H13F3N2O4. The number of amides is 2. The van der Waals surface area contributed by atoms with Crippen molar-refractivity contribution >= 4 is 17.8 Å². The van der Waals surface area contributed by atoms with Gasteiger partial charge >= 0.3 is 12.1 Å². The number of hydrogen-bond acceptors (Lipinski definition) is 5. The molecule has 2 aliphatic rings. The van der Waals surface area contributed by atoms with E-state index in [4.69, 9.17) is 0 Å². The average molecular weight is 294 g/mol. The number of imide groups is 1. The third kappa shape index (κ3) is 2.92. The van der Waals surface area contributed by atoms with E-state index in [1.165, 1.54) is 0 Å². The lowest BCUT2D eigenvalue weighted by Gasteiger charge is -2.30. The highest BCUT2D eigenvalue weighted by Crippen LogP contribution is 2.25. The SMILES string of the molecule is O=C1CC(OC(=O)C(F)(F)F)C(=O)N1C1CCNCC1. The van der Waals surface area contributed by atoms with E-state index < -0.39 is 36.5 Å². The average Bonchev–Trinajstić information content (AvgIpc) is 2.64. The van der Waals surface area contributed by atoms with Crippen molar-refractivity contribution in [2.24, 2.45) is 0 Å². The molecule has 2 fully saturated rings. The molecule has 2 amide bonds. The van der Waals surface area contributed by atoms with E-state index in [2.05, 4.69) is 10.1 Å². The van der Waals surface area contributed by atoms with Crippen LogP contribution in [-0.4, -0.2) is 54.1 Å². The molecule has 2 rings (SSSR count). The molecule has 0 aromatic heterocycles. The van der Waals surface area contributed by atoms with Crippen molar-refractivity contribution < 1.29 is 32.3 Å². The van der Waals surface area contributed by atoms with Crippen LogP contribution in [0.4, 0.5) is 13.2 Å². The number of rotatable bonds is 2. The second kappa shape index (κ2) is 5.39. The van der Waals surface area contributed by atoms with Crippen LogP contribution in [0.25, 0.3) is 0 Å². The number of piperidine rings is 1. The number of ether oxygens (including phenoxy) is 1. The number of carbonyl (C=O) groups is 3. The van der Waals surface area contributed by atoms with Crippen molar-refractivity contribution in [2.45, 2.75) is 37.6 Å². The standard InChI is InChI=1S/C11H13F3N2O4/c12-11(13,14)10(19)20-7-5-8(17)16(9(7)18)6-1-3-15-4-2-6/h6-7,15H,1-5H2. The molecule has 112 valence electrons. The summed E-state index contributed by atoms with van der Waals surface area (Å²) in [7, 11) is 0. The lowest BCUT2D eigenvalue weighted by Crippen LogP contribution is -2.47. The third-order valence-corrected chi connectivity index (χ3v) is 3.30. The van der Waals surface area contributed by atoms with Crippen molar-refractivity contribution in [3.63, 3.8) is 0 Å². The summed E-state index contributed by atoms with van der Waals surface area (Å²) in [5, 5.41) is 3.05. The lowest BCUT2D eigenvalue weighted by atomic mass is 10.1. The van der Waals surface area contributed by atoms with Crippen LogP contribution < -0.4 is 5.32 Å². The maximum atomic E-state index is 12.1. The Morgan fingerprint density at radius 2 is 1.85 bits per heavy atom. The summed E-state index contributed by atoms with van der Waals surface area (Å²) in [5.41, 5.74) is 0. The van der Waals surface area contributed by atoms with Gasteiger partial charge in [-0.15, -0.1) is 0 Å². The molecule has 0 radical (unpaired) electrons. The first-order valence-corrected chi connectivity index (χ1v) is 6.15. The van der Waals surface area contributed by atoms with Crippen molar-refractivity contribution in [3.05, 3.63) is 0 Å². The Kier molecular flexibility index (Phi) is 3.98. The van der Waals surface area contributed by atoms with Gasteiger partial charge in [0.05, 0.1) is 6.42 Å². The van der Waals surface area contributed by atoms with Crippen LogP contribution in [-0.2, 0) is 19.1 Å². The molecule has 1 unspecified atom stereocenters. The van der Waals surface area contributed by atoms with Gasteiger partial charge in [0.2, 0.25) is 5.91 Å². The summed E-state index contributed by atoms with van der Waals surface area (Å²) in [4.78, 5) is 35.3. The summed E-state index contributed by atoms with van der Waals surface area (Å²) in [6.07, 6.45) is -6.28. The van der Waals surface area contributed by atoms with Crippen LogP contribution in [0.3, 0.4) is 0 Å². The van der Waals surface area contributed by atoms with Gasteiger partial charge in [-0.05, 0) is 25.9 Å². The highest BCUT2D eigenvalue weighted by Gasteiger charge is 2.49. The minimum atomic E-state index is -5.18. The van der Waals surface area contributed by atoms with Gasteiger partial charge in [0.25, 0.3) is 5.91 Å². The van der Waals surface area contributed by atoms with Gasteiger partial charge in [0, 0.05) is 6.04 Å². The minimum Gasteiger partial charge on any atom is -0.445 e. The van der Waals surface area contributed by atoms with Crippen molar-refractivity contribution in [1.82, 2.24) is 10.2 Å². The van der Waals surface area contributed by atoms with Gasteiger partial charge in [-0.3, -0.25) is 14.5 Å². The molecule has 1 N–H and O–H groups in total. The molecule has 0 saturated carbocycles. The normalized spacial score (nSPS) is 25.1. The third-order valence-electron chi connectivity index (χ3n) is 3.30. The molecule has 1 atom stereocenters. The molecule has 2 heterocycles. The Morgan fingerprint density at radius 1 is 1.25 bits per heavy atom. The zero-order valence-electron chi connectivity index (χ0n) is 10.4. The Labute approximate surface area is 112 Å². The van der Waals surface area contributed by atoms with E-state index in [-0.39, 0.29) is 6.04 Å². The van der Waals surface area contributed by atoms with E-state index >= 15 is 0 Å². The first-order chi connectivity index (χ1) is 9.30. The van der Waals surface area contributed by atoms with E-state index in [1.54, 1.807) is 0 Å². The Balaban J connectivity index is 2.03. The summed E-state index contributed by atoms with van der Waals surface area (Å²) in [5.74, 6) is -3.91. The smallest absolute Gasteiger partial charge is 0.445 e. The van der Waals surface area contributed by atoms with Gasteiger partial charge in [-0.2, -0.15) is 13.2 Å². The van der Waals surface area contributed by atoms with Crippen molar-refractivity contribution in [1.29, 1.82) is 0 Å². The highest BCUT2D eigenvalue weighted by atomic mass is 19.4. The van der Waals surface area contributed by atoms with Crippen LogP contribution >= 0.6 is 0 Å². The lowest BCUT2D eigenvalue weighted by molar-refractivity contribution is -0.205.